The lowest BCUT2D eigenvalue weighted by Crippen LogP contribution is -2.24. The van der Waals surface area contributed by atoms with Crippen LogP contribution in [0.25, 0.3) is 11.1 Å². The highest BCUT2D eigenvalue weighted by Crippen LogP contribution is 2.28. The van der Waals surface area contributed by atoms with E-state index in [4.69, 9.17) is 4.42 Å². The summed E-state index contributed by atoms with van der Waals surface area (Å²) in [5, 5.41) is 0. The van der Waals surface area contributed by atoms with E-state index >= 15 is 0 Å². The molecule has 156 valence electrons. The zero-order valence-electron chi connectivity index (χ0n) is 17.6. The molecule has 0 saturated heterocycles. The fraction of sp³-hybridized carbons (Fsp3) is 0.259. The van der Waals surface area contributed by atoms with Gasteiger partial charge in [-0.3, -0.25) is 4.79 Å². The second-order valence-electron chi connectivity index (χ2n) is 8.49. The standard InChI is InChI=1S/C27H25NO3/c1-18(21-5-3-2-4-6-21)17-24(29)28-25-22-13-11-19-7-9-20(10-8-19)12-14-23(16-15-22)26(25)31-27(28)30/h2-10,15-16,18H,11-14,17H2,1H3/t18-/m0/s1. The molecule has 1 aromatic heterocycles. The third-order valence-corrected chi connectivity index (χ3v) is 6.38. The molecule has 0 N–H and O–H groups in total. The Labute approximate surface area is 181 Å². The fourth-order valence-electron chi connectivity index (χ4n) is 4.55. The number of hydrogen-bond acceptors (Lipinski definition) is 3. The molecule has 0 saturated carbocycles. The van der Waals surface area contributed by atoms with Crippen molar-refractivity contribution in [2.24, 2.45) is 0 Å². The summed E-state index contributed by atoms with van der Waals surface area (Å²) < 4.78 is 6.97. The highest BCUT2D eigenvalue weighted by atomic mass is 16.4. The number of rotatable bonds is 3. The summed E-state index contributed by atoms with van der Waals surface area (Å²) in [5.74, 6) is -0.780. The topological polar surface area (TPSA) is 52.2 Å². The van der Waals surface area contributed by atoms with E-state index in [0.29, 0.717) is 11.1 Å². The van der Waals surface area contributed by atoms with Gasteiger partial charge >= 0.3 is 5.76 Å². The lowest BCUT2D eigenvalue weighted by molar-refractivity contribution is 0.0891. The predicted molar refractivity (Wildman–Crippen MR) is 122 cm³/mol. The van der Waals surface area contributed by atoms with E-state index in [-0.39, 0.29) is 18.2 Å². The normalized spacial score (nSPS) is 14.4. The molecule has 4 nitrogen and oxygen atoms in total. The first kappa shape index (κ1) is 19.6. The van der Waals surface area contributed by atoms with E-state index < -0.39 is 5.76 Å². The van der Waals surface area contributed by atoms with Crippen LogP contribution in [0.2, 0.25) is 0 Å². The van der Waals surface area contributed by atoms with Gasteiger partial charge in [-0.05, 0) is 59.4 Å². The van der Waals surface area contributed by atoms with Crippen molar-refractivity contribution in [3.8, 4) is 0 Å². The molecule has 1 heterocycles. The molecule has 4 aliphatic rings. The minimum Gasteiger partial charge on any atom is -0.407 e. The summed E-state index contributed by atoms with van der Waals surface area (Å²) in [6.45, 7) is 2.02. The van der Waals surface area contributed by atoms with Crippen molar-refractivity contribution >= 4 is 17.0 Å². The summed E-state index contributed by atoms with van der Waals surface area (Å²) in [6, 6.07) is 22.7. The summed E-state index contributed by atoms with van der Waals surface area (Å²) >= 11 is 0. The van der Waals surface area contributed by atoms with Crippen molar-refractivity contribution in [1.82, 2.24) is 4.57 Å². The third-order valence-electron chi connectivity index (χ3n) is 6.38. The molecule has 4 aliphatic carbocycles. The maximum Gasteiger partial charge on any atom is 0.426 e. The van der Waals surface area contributed by atoms with E-state index in [1.807, 2.05) is 37.3 Å². The molecule has 0 radical (unpaired) electrons. The van der Waals surface area contributed by atoms with Crippen molar-refractivity contribution in [2.45, 2.75) is 44.9 Å². The van der Waals surface area contributed by atoms with Crippen LogP contribution < -0.4 is 5.76 Å². The van der Waals surface area contributed by atoms with Gasteiger partial charge in [0.25, 0.3) is 0 Å². The molecule has 0 amide bonds. The van der Waals surface area contributed by atoms with Gasteiger partial charge in [-0.2, -0.15) is 0 Å². The maximum absolute atomic E-state index is 13.3. The second-order valence-corrected chi connectivity index (χ2v) is 8.49. The van der Waals surface area contributed by atoms with Gasteiger partial charge in [0.15, 0.2) is 5.58 Å². The molecule has 4 heteroatoms. The summed E-state index contributed by atoms with van der Waals surface area (Å²) in [5.41, 5.74) is 6.78. The number of carbonyl (C=O) groups is 1. The second kappa shape index (κ2) is 8.03. The average molecular weight is 412 g/mol. The van der Waals surface area contributed by atoms with Crippen LogP contribution in [-0.4, -0.2) is 10.5 Å². The van der Waals surface area contributed by atoms with Gasteiger partial charge < -0.3 is 4.42 Å². The zero-order chi connectivity index (χ0) is 21.4. The Balaban J connectivity index is 1.57. The average Bonchev–Trinajstić information content (AvgIpc) is 3.13. The minimum atomic E-state index is -0.580. The van der Waals surface area contributed by atoms with Crippen molar-refractivity contribution < 1.29 is 9.21 Å². The van der Waals surface area contributed by atoms with Gasteiger partial charge in [0.2, 0.25) is 5.91 Å². The minimum absolute atomic E-state index is 0.0146. The van der Waals surface area contributed by atoms with E-state index in [9.17, 15) is 9.59 Å². The Morgan fingerprint density at radius 2 is 1.48 bits per heavy atom. The largest absolute Gasteiger partial charge is 0.426 e. The smallest absolute Gasteiger partial charge is 0.407 e. The lowest BCUT2D eigenvalue weighted by Gasteiger charge is -2.13. The summed E-state index contributed by atoms with van der Waals surface area (Å²) in [6.07, 6.45) is 3.47. The van der Waals surface area contributed by atoms with Crippen LogP contribution in [0.4, 0.5) is 0 Å². The van der Waals surface area contributed by atoms with E-state index in [0.717, 1.165) is 42.4 Å². The van der Waals surface area contributed by atoms with Gasteiger partial charge in [0, 0.05) is 6.42 Å². The molecule has 0 spiro atoms. The third kappa shape index (κ3) is 3.74. The highest BCUT2D eigenvalue weighted by Gasteiger charge is 2.23. The Bertz CT molecular complexity index is 1300. The van der Waals surface area contributed by atoms with E-state index in [2.05, 4.69) is 36.4 Å². The maximum atomic E-state index is 13.3. The first-order valence-corrected chi connectivity index (χ1v) is 10.9. The first-order valence-electron chi connectivity index (χ1n) is 10.9. The van der Waals surface area contributed by atoms with Crippen molar-refractivity contribution in [3.05, 3.63) is 105 Å². The molecule has 0 unspecified atom stereocenters. The van der Waals surface area contributed by atoms with Crippen LogP contribution in [0.15, 0.2) is 75.9 Å². The number of nitrogens with zero attached hydrogens (tertiary/aromatic N) is 1. The van der Waals surface area contributed by atoms with Gasteiger partial charge in [-0.15, -0.1) is 0 Å². The molecule has 4 bridgehead atoms. The lowest BCUT2D eigenvalue weighted by atomic mass is 9.95. The molecule has 3 aromatic carbocycles. The molecular weight excluding hydrogens is 386 g/mol. The van der Waals surface area contributed by atoms with Crippen molar-refractivity contribution in [1.29, 1.82) is 0 Å². The monoisotopic (exact) mass is 411 g/mol. The molecule has 0 fully saturated rings. The first-order chi connectivity index (χ1) is 15.1. The predicted octanol–water partition coefficient (Wildman–Crippen LogP) is 5.31. The van der Waals surface area contributed by atoms with Gasteiger partial charge in [0.05, 0.1) is 0 Å². The Hall–Kier alpha value is -3.40. The van der Waals surface area contributed by atoms with Crippen molar-refractivity contribution in [2.75, 3.05) is 0 Å². The molecule has 4 aromatic rings. The van der Waals surface area contributed by atoms with E-state index in [1.165, 1.54) is 15.7 Å². The van der Waals surface area contributed by atoms with Gasteiger partial charge in [-0.1, -0.05) is 73.7 Å². The molecule has 1 atom stereocenters. The quantitative estimate of drug-likeness (QED) is 0.459. The number of oxazole rings is 1. The Kier molecular flexibility index (Phi) is 5.06. The number of carbonyl (C=O) groups excluding carboxylic acids is 1. The van der Waals surface area contributed by atoms with E-state index in [1.54, 1.807) is 0 Å². The Morgan fingerprint density at radius 3 is 2.16 bits per heavy atom. The highest BCUT2D eigenvalue weighted by molar-refractivity contribution is 5.92. The summed E-state index contributed by atoms with van der Waals surface area (Å²) in [7, 11) is 0. The Morgan fingerprint density at radius 1 is 0.871 bits per heavy atom. The van der Waals surface area contributed by atoms with Crippen LogP contribution in [0.1, 0.15) is 51.9 Å². The number of aromatic nitrogens is 1. The number of benzene rings is 3. The molecule has 31 heavy (non-hydrogen) atoms. The van der Waals surface area contributed by atoms with Gasteiger partial charge in [0.1, 0.15) is 5.52 Å². The SMILES string of the molecule is C[C@@H](CC(=O)n1c(=O)oc2c3ccc(c21)CCc1ccc(cc1)CC3)c1ccccc1. The van der Waals surface area contributed by atoms with Crippen LogP contribution in [0.3, 0.4) is 0 Å². The zero-order valence-corrected chi connectivity index (χ0v) is 17.6. The van der Waals surface area contributed by atoms with Crippen molar-refractivity contribution in [3.63, 3.8) is 0 Å². The van der Waals surface area contributed by atoms with Crippen LogP contribution in [0.5, 0.6) is 0 Å². The van der Waals surface area contributed by atoms with Crippen LogP contribution >= 0.6 is 0 Å². The molecular formula is C27H25NO3. The molecule has 8 rings (SSSR count). The summed E-state index contributed by atoms with van der Waals surface area (Å²) in [4.78, 5) is 26.1. The number of aryl methyl sites for hydroxylation is 4. The van der Waals surface area contributed by atoms with Crippen LogP contribution in [0, 0.1) is 0 Å². The fourth-order valence-corrected chi connectivity index (χ4v) is 4.55. The van der Waals surface area contributed by atoms with Gasteiger partial charge in [-0.25, -0.2) is 9.36 Å². The molecule has 0 aliphatic heterocycles. The number of hydrogen-bond donors (Lipinski definition) is 0. The van der Waals surface area contributed by atoms with Crippen LogP contribution in [-0.2, 0) is 25.7 Å².